The molecule has 29 heavy (non-hydrogen) atoms. The van der Waals surface area contributed by atoms with Crippen LogP contribution in [-0.2, 0) is 11.2 Å². The average Bonchev–Trinajstić information content (AvgIpc) is 3.18. The predicted molar refractivity (Wildman–Crippen MR) is 119 cm³/mol. The lowest BCUT2D eigenvalue weighted by atomic mass is 10.1. The number of guanidine groups is 1. The predicted octanol–water partition coefficient (Wildman–Crippen LogP) is 2.00. The largest absolute Gasteiger partial charge is 0.497 e. The van der Waals surface area contributed by atoms with E-state index in [4.69, 9.17) is 16.3 Å². The summed E-state index contributed by atoms with van der Waals surface area (Å²) in [6.07, 6.45) is 3.81. The van der Waals surface area contributed by atoms with E-state index in [2.05, 4.69) is 20.5 Å². The minimum Gasteiger partial charge on any atom is -0.497 e. The molecule has 1 atom stereocenters. The Labute approximate surface area is 179 Å². The zero-order chi connectivity index (χ0) is 21.2. The standard InChI is InChI=1S/C21H34ClN5O2/c1-23-21(25-12-10-16-8-9-17(29-4)15-18(16)22)24-11-6-14-27-13-5-7-19(27)20(28)26(2)3/h8-9,15,19H,5-7,10-14H2,1-4H3,(H2,23,24,25). The lowest BCUT2D eigenvalue weighted by Gasteiger charge is -2.26. The molecular formula is C21H34ClN5O2. The Bertz CT molecular complexity index is 696. The minimum atomic E-state index is 0.0386. The van der Waals surface area contributed by atoms with Gasteiger partial charge in [0.2, 0.25) is 5.91 Å². The first-order valence-electron chi connectivity index (χ1n) is 10.2. The number of hydrogen-bond donors (Lipinski definition) is 2. The van der Waals surface area contributed by atoms with E-state index < -0.39 is 0 Å². The summed E-state index contributed by atoms with van der Waals surface area (Å²) in [6.45, 7) is 3.45. The Morgan fingerprint density at radius 1 is 1.34 bits per heavy atom. The van der Waals surface area contributed by atoms with Gasteiger partial charge in [0.05, 0.1) is 13.2 Å². The van der Waals surface area contributed by atoms with Gasteiger partial charge < -0.3 is 20.3 Å². The van der Waals surface area contributed by atoms with Crippen LogP contribution in [-0.4, -0.2) is 82.1 Å². The van der Waals surface area contributed by atoms with E-state index in [1.54, 1.807) is 19.1 Å². The number of benzene rings is 1. The Balaban J connectivity index is 1.68. The van der Waals surface area contributed by atoms with Gasteiger partial charge in [-0.05, 0) is 49.9 Å². The lowest BCUT2D eigenvalue weighted by molar-refractivity contribution is -0.133. The molecule has 0 bridgehead atoms. The number of amides is 1. The molecule has 1 aromatic rings. The summed E-state index contributed by atoms with van der Waals surface area (Å²) < 4.78 is 5.18. The Morgan fingerprint density at radius 3 is 2.76 bits per heavy atom. The van der Waals surface area contributed by atoms with Crippen molar-refractivity contribution in [1.29, 1.82) is 0 Å². The number of nitrogens with zero attached hydrogens (tertiary/aromatic N) is 3. The van der Waals surface area contributed by atoms with Crippen LogP contribution in [0.15, 0.2) is 23.2 Å². The molecule has 1 unspecified atom stereocenters. The Morgan fingerprint density at radius 2 is 2.10 bits per heavy atom. The first-order valence-corrected chi connectivity index (χ1v) is 10.6. The molecule has 7 nitrogen and oxygen atoms in total. The van der Waals surface area contributed by atoms with Crippen LogP contribution in [0.2, 0.25) is 5.02 Å². The molecule has 1 saturated heterocycles. The zero-order valence-corrected chi connectivity index (χ0v) is 18.8. The topological polar surface area (TPSA) is 69.2 Å². The van der Waals surface area contributed by atoms with Crippen molar-refractivity contribution >= 4 is 23.5 Å². The van der Waals surface area contributed by atoms with Gasteiger partial charge in [-0.3, -0.25) is 14.7 Å². The minimum absolute atomic E-state index is 0.0386. The van der Waals surface area contributed by atoms with Gasteiger partial charge in [-0.15, -0.1) is 0 Å². The summed E-state index contributed by atoms with van der Waals surface area (Å²) in [5.41, 5.74) is 1.07. The van der Waals surface area contributed by atoms with Crippen molar-refractivity contribution < 1.29 is 9.53 Å². The van der Waals surface area contributed by atoms with Gasteiger partial charge in [-0.25, -0.2) is 0 Å². The fourth-order valence-corrected chi connectivity index (χ4v) is 3.82. The second-order valence-corrected chi connectivity index (χ2v) is 7.82. The molecule has 1 heterocycles. The van der Waals surface area contributed by atoms with Gasteiger partial charge in [-0.2, -0.15) is 0 Å². The molecule has 0 saturated carbocycles. The zero-order valence-electron chi connectivity index (χ0n) is 18.0. The van der Waals surface area contributed by atoms with Crippen LogP contribution in [0.5, 0.6) is 5.75 Å². The maximum absolute atomic E-state index is 12.3. The van der Waals surface area contributed by atoms with Crippen molar-refractivity contribution in [3.8, 4) is 5.75 Å². The van der Waals surface area contributed by atoms with Crippen molar-refractivity contribution in [3.63, 3.8) is 0 Å². The molecule has 2 N–H and O–H groups in total. The van der Waals surface area contributed by atoms with Crippen molar-refractivity contribution in [3.05, 3.63) is 28.8 Å². The molecule has 1 fully saturated rings. The molecule has 2 rings (SSSR count). The molecule has 0 radical (unpaired) electrons. The number of hydrogen-bond acceptors (Lipinski definition) is 4. The van der Waals surface area contributed by atoms with Crippen LogP contribution >= 0.6 is 11.6 Å². The lowest BCUT2D eigenvalue weighted by Crippen LogP contribution is -2.44. The SMILES string of the molecule is CN=C(NCCCN1CCCC1C(=O)N(C)C)NCCc1ccc(OC)cc1Cl. The maximum Gasteiger partial charge on any atom is 0.239 e. The van der Waals surface area contributed by atoms with Crippen molar-refractivity contribution in [2.45, 2.75) is 31.7 Å². The van der Waals surface area contributed by atoms with Crippen LogP contribution in [0.4, 0.5) is 0 Å². The van der Waals surface area contributed by atoms with E-state index in [0.29, 0.717) is 5.02 Å². The monoisotopic (exact) mass is 423 g/mol. The van der Waals surface area contributed by atoms with Gasteiger partial charge in [0, 0.05) is 45.8 Å². The van der Waals surface area contributed by atoms with E-state index in [0.717, 1.165) is 69.1 Å². The molecule has 1 aliphatic rings. The molecule has 1 amide bonds. The second-order valence-electron chi connectivity index (χ2n) is 7.41. The molecular weight excluding hydrogens is 390 g/mol. The summed E-state index contributed by atoms with van der Waals surface area (Å²) >= 11 is 6.29. The van der Waals surface area contributed by atoms with Crippen molar-refractivity contribution in [2.24, 2.45) is 4.99 Å². The molecule has 1 aromatic carbocycles. The molecule has 1 aliphatic heterocycles. The van der Waals surface area contributed by atoms with Crippen molar-refractivity contribution in [2.75, 3.05) is 54.4 Å². The van der Waals surface area contributed by atoms with Gasteiger partial charge in [0.25, 0.3) is 0 Å². The molecule has 0 aliphatic carbocycles. The van der Waals surface area contributed by atoms with Crippen LogP contribution in [0, 0.1) is 0 Å². The van der Waals surface area contributed by atoms with E-state index in [1.807, 2.05) is 32.3 Å². The first-order chi connectivity index (χ1) is 14.0. The van der Waals surface area contributed by atoms with Gasteiger partial charge in [-0.1, -0.05) is 17.7 Å². The number of nitrogens with one attached hydrogen (secondary N) is 2. The molecule has 8 heteroatoms. The van der Waals surface area contributed by atoms with E-state index in [9.17, 15) is 4.79 Å². The average molecular weight is 424 g/mol. The number of carbonyl (C=O) groups excluding carboxylic acids is 1. The number of ether oxygens (including phenoxy) is 1. The number of rotatable bonds is 9. The number of methoxy groups -OCH3 is 1. The molecule has 162 valence electrons. The normalized spacial score (nSPS) is 17.3. The fourth-order valence-electron chi connectivity index (χ4n) is 3.55. The number of likely N-dealkylation sites (tertiary alicyclic amines) is 1. The quantitative estimate of drug-likeness (QED) is 0.361. The third-order valence-electron chi connectivity index (χ3n) is 5.17. The maximum atomic E-state index is 12.3. The summed E-state index contributed by atoms with van der Waals surface area (Å²) in [6, 6.07) is 5.77. The number of carbonyl (C=O) groups is 1. The molecule has 0 spiro atoms. The second kappa shape index (κ2) is 11.9. The van der Waals surface area contributed by atoms with Crippen LogP contribution < -0.4 is 15.4 Å². The summed E-state index contributed by atoms with van der Waals surface area (Å²) in [5.74, 6) is 1.75. The third-order valence-corrected chi connectivity index (χ3v) is 5.53. The van der Waals surface area contributed by atoms with Gasteiger partial charge in [0.1, 0.15) is 5.75 Å². The third kappa shape index (κ3) is 7.08. The van der Waals surface area contributed by atoms with Gasteiger partial charge in [0.15, 0.2) is 5.96 Å². The summed E-state index contributed by atoms with van der Waals surface area (Å²) in [5, 5.41) is 7.37. The summed E-state index contributed by atoms with van der Waals surface area (Å²) in [7, 11) is 7.05. The number of likely N-dealkylation sites (N-methyl/N-ethyl adjacent to an activating group) is 1. The van der Waals surface area contributed by atoms with Crippen molar-refractivity contribution in [1.82, 2.24) is 20.4 Å². The number of halogens is 1. The Kier molecular flexibility index (Phi) is 9.54. The fraction of sp³-hybridized carbons (Fsp3) is 0.619. The smallest absolute Gasteiger partial charge is 0.239 e. The summed E-state index contributed by atoms with van der Waals surface area (Å²) in [4.78, 5) is 20.5. The Hall–Kier alpha value is -1.99. The number of aliphatic imine (C=N–C) groups is 1. The van der Waals surface area contributed by atoms with Crippen LogP contribution in [0.25, 0.3) is 0 Å². The van der Waals surface area contributed by atoms with Crippen LogP contribution in [0.3, 0.4) is 0 Å². The van der Waals surface area contributed by atoms with E-state index in [-0.39, 0.29) is 11.9 Å². The molecule has 0 aromatic heterocycles. The van der Waals surface area contributed by atoms with E-state index >= 15 is 0 Å². The highest BCUT2D eigenvalue weighted by molar-refractivity contribution is 6.31. The van der Waals surface area contributed by atoms with E-state index in [1.165, 1.54) is 0 Å². The van der Waals surface area contributed by atoms with Gasteiger partial charge >= 0.3 is 0 Å². The highest BCUT2D eigenvalue weighted by Crippen LogP contribution is 2.22. The highest BCUT2D eigenvalue weighted by atomic mass is 35.5. The first kappa shape index (κ1) is 23.3. The van der Waals surface area contributed by atoms with Crippen LogP contribution in [0.1, 0.15) is 24.8 Å². The highest BCUT2D eigenvalue weighted by Gasteiger charge is 2.30.